The van der Waals surface area contributed by atoms with Crippen molar-refractivity contribution < 1.29 is 9.18 Å². The topological polar surface area (TPSA) is 52.6 Å². The Morgan fingerprint density at radius 3 is 2.46 bits per heavy atom. The van der Waals surface area contributed by atoms with E-state index in [0.717, 1.165) is 37.3 Å². The second-order valence-corrected chi connectivity index (χ2v) is 10.00. The molecule has 1 aliphatic carbocycles. The molecule has 0 saturated carbocycles. The van der Waals surface area contributed by atoms with Crippen LogP contribution in [-0.2, 0) is 11.2 Å². The lowest BCUT2D eigenvalue weighted by atomic mass is 9.96. The lowest BCUT2D eigenvalue weighted by molar-refractivity contribution is -0.133. The van der Waals surface area contributed by atoms with Crippen LogP contribution in [0.3, 0.4) is 0 Å². The number of aromatic nitrogens is 2. The van der Waals surface area contributed by atoms with Crippen LogP contribution in [0.15, 0.2) is 30.6 Å². The molecule has 2 saturated heterocycles. The molecule has 192 valence electrons. The molecule has 0 spiro atoms. The predicted octanol–water partition coefficient (Wildman–Crippen LogP) is 4.50. The number of benzene rings is 1. The smallest absolute Gasteiger partial charge is 0.231 e. The highest BCUT2D eigenvalue weighted by Gasteiger charge is 2.34. The summed E-state index contributed by atoms with van der Waals surface area (Å²) in [5, 5.41) is 0.648. The maximum absolute atomic E-state index is 13.8. The van der Waals surface area contributed by atoms with Crippen LogP contribution in [0.2, 0.25) is 5.02 Å². The number of carbonyl (C=O) groups excluding carboxylic acids is 1. The first-order valence-corrected chi connectivity index (χ1v) is 12.4. The van der Waals surface area contributed by atoms with Gasteiger partial charge in [-0.2, -0.15) is 0 Å². The Hall–Kier alpha value is -1.67. The SMILES string of the molecule is C[C@@H]1CCc2ncnc(N3CCN(C(=O)[C@@H](CN4CC[C@H](F)C4)c4ccc(Cl)cc4)CC3)c21.Cl.Cl. The number of piperazine rings is 1. The van der Waals surface area contributed by atoms with Crippen molar-refractivity contribution in [3.63, 3.8) is 0 Å². The van der Waals surface area contributed by atoms with Crippen molar-refractivity contribution in [2.24, 2.45) is 0 Å². The minimum absolute atomic E-state index is 0. The van der Waals surface area contributed by atoms with E-state index in [9.17, 15) is 9.18 Å². The second kappa shape index (κ2) is 12.0. The van der Waals surface area contributed by atoms with Crippen molar-refractivity contribution in [2.75, 3.05) is 50.7 Å². The van der Waals surface area contributed by atoms with Crippen LogP contribution in [-0.4, -0.2) is 77.7 Å². The van der Waals surface area contributed by atoms with E-state index in [2.05, 4.69) is 26.7 Å². The van der Waals surface area contributed by atoms with Crippen LogP contribution >= 0.6 is 36.4 Å². The fraction of sp³-hybridized carbons (Fsp3) is 0.560. The molecule has 1 aromatic carbocycles. The molecule has 1 aromatic heterocycles. The number of fused-ring (bicyclic) bond motifs is 1. The molecule has 3 atom stereocenters. The summed E-state index contributed by atoms with van der Waals surface area (Å²) in [5.74, 6) is 1.31. The van der Waals surface area contributed by atoms with Gasteiger partial charge in [-0.25, -0.2) is 14.4 Å². The van der Waals surface area contributed by atoms with Crippen LogP contribution < -0.4 is 4.90 Å². The summed E-state index contributed by atoms with van der Waals surface area (Å²) >= 11 is 6.09. The van der Waals surface area contributed by atoms with Crippen molar-refractivity contribution in [1.29, 1.82) is 0 Å². The quantitative estimate of drug-likeness (QED) is 0.555. The van der Waals surface area contributed by atoms with Gasteiger partial charge in [-0.3, -0.25) is 9.69 Å². The molecule has 0 unspecified atom stereocenters. The normalized spacial score (nSPS) is 22.8. The van der Waals surface area contributed by atoms with Crippen LogP contribution in [0, 0.1) is 0 Å². The largest absolute Gasteiger partial charge is 0.353 e. The maximum Gasteiger partial charge on any atom is 0.231 e. The Morgan fingerprint density at radius 1 is 1.09 bits per heavy atom. The third kappa shape index (κ3) is 6.01. The third-order valence-electron chi connectivity index (χ3n) is 7.37. The zero-order chi connectivity index (χ0) is 22.9. The molecule has 2 aromatic rings. The van der Waals surface area contributed by atoms with E-state index in [1.54, 1.807) is 6.33 Å². The van der Waals surface area contributed by atoms with Crippen molar-refractivity contribution in [3.8, 4) is 0 Å². The van der Waals surface area contributed by atoms with Gasteiger partial charge in [0, 0.05) is 62.1 Å². The minimum atomic E-state index is -0.800. The molecule has 6 nitrogen and oxygen atoms in total. The van der Waals surface area contributed by atoms with Crippen LogP contribution in [0.1, 0.15) is 48.4 Å². The Balaban J connectivity index is 0.00000171. The lowest BCUT2D eigenvalue weighted by Crippen LogP contribution is -2.51. The molecule has 5 rings (SSSR count). The van der Waals surface area contributed by atoms with E-state index in [1.807, 2.05) is 29.2 Å². The number of hydrogen-bond acceptors (Lipinski definition) is 5. The number of carbonyl (C=O) groups is 1. The van der Waals surface area contributed by atoms with Gasteiger partial charge in [-0.05, 0) is 42.9 Å². The van der Waals surface area contributed by atoms with Crippen molar-refractivity contribution in [1.82, 2.24) is 19.8 Å². The van der Waals surface area contributed by atoms with E-state index < -0.39 is 6.17 Å². The molecule has 10 heteroatoms. The Bertz CT molecular complexity index is 1000. The number of halogens is 4. The first-order chi connectivity index (χ1) is 16.0. The first-order valence-electron chi connectivity index (χ1n) is 12.0. The summed E-state index contributed by atoms with van der Waals surface area (Å²) in [6, 6.07) is 7.51. The maximum atomic E-state index is 13.8. The summed E-state index contributed by atoms with van der Waals surface area (Å²) in [6.07, 6.45) is 3.56. The number of anilines is 1. The Labute approximate surface area is 224 Å². The van der Waals surface area contributed by atoms with Crippen LogP contribution in [0.4, 0.5) is 10.2 Å². The molecular formula is C25H33Cl3FN5O. The van der Waals surface area contributed by atoms with Gasteiger partial charge >= 0.3 is 0 Å². The standard InChI is InChI=1S/C25H31ClFN5O.2ClH/c1-17-2-7-22-23(17)24(29-16-28-22)31-10-12-32(13-11-31)25(33)21(15-30-9-8-20(27)14-30)18-3-5-19(26)6-4-18;;/h3-6,16-17,20-21H,2,7-15H2,1H3;2*1H/t17-,20+,21+;;/m1../s1. The fourth-order valence-electron chi connectivity index (χ4n) is 5.46. The lowest BCUT2D eigenvalue weighted by Gasteiger charge is -2.38. The van der Waals surface area contributed by atoms with Gasteiger partial charge in [0.1, 0.15) is 18.3 Å². The first kappa shape index (κ1) is 27.9. The molecule has 1 amide bonds. The molecule has 3 heterocycles. The molecule has 2 fully saturated rings. The number of amides is 1. The number of hydrogen-bond donors (Lipinski definition) is 0. The molecule has 2 aliphatic heterocycles. The third-order valence-corrected chi connectivity index (χ3v) is 7.62. The van der Waals surface area contributed by atoms with E-state index in [4.69, 9.17) is 11.6 Å². The number of likely N-dealkylation sites (tertiary alicyclic amines) is 1. The zero-order valence-electron chi connectivity index (χ0n) is 19.9. The van der Waals surface area contributed by atoms with Crippen LogP contribution in [0.25, 0.3) is 0 Å². The minimum Gasteiger partial charge on any atom is -0.353 e. The summed E-state index contributed by atoms with van der Waals surface area (Å²) in [7, 11) is 0. The van der Waals surface area contributed by atoms with Gasteiger partial charge in [0.15, 0.2) is 0 Å². The second-order valence-electron chi connectivity index (χ2n) is 9.56. The summed E-state index contributed by atoms with van der Waals surface area (Å²) in [6.45, 7) is 6.71. The number of nitrogens with zero attached hydrogens (tertiary/aromatic N) is 5. The number of alkyl halides is 1. The van der Waals surface area contributed by atoms with Gasteiger partial charge in [0.05, 0.1) is 5.92 Å². The average molecular weight is 545 g/mol. The van der Waals surface area contributed by atoms with Gasteiger partial charge in [0.2, 0.25) is 5.91 Å². The average Bonchev–Trinajstić information content (AvgIpc) is 3.43. The van der Waals surface area contributed by atoms with Gasteiger partial charge < -0.3 is 9.80 Å². The van der Waals surface area contributed by atoms with Crippen molar-refractivity contribution in [2.45, 2.75) is 44.2 Å². The molecular weight excluding hydrogens is 512 g/mol. The highest BCUT2D eigenvalue weighted by Crippen LogP contribution is 2.37. The molecule has 0 bridgehead atoms. The number of rotatable bonds is 5. The molecule has 3 aliphatic rings. The van der Waals surface area contributed by atoms with E-state index in [0.29, 0.717) is 50.1 Å². The van der Waals surface area contributed by atoms with E-state index in [-0.39, 0.29) is 36.6 Å². The molecule has 35 heavy (non-hydrogen) atoms. The highest BCUT2D eigenvalue weighted by atomic mass is 35.5. The number of aryl methyl sites for hydroxylation is 1. The van der Waals surface area contributed by atoms with Crippen molar-refractivity contribution >= 4 is 48.1 Å². The Kier molecular flexibility index (Phi) is 9.60. The summed E-state index contributed by atoms with van der Waals surface area (Å²) in [5.41, 5.74) is 3.40. The Morgan fingerprint density at radius 2 is 1.80 bits per heavy atom. The van der Waals surface area contributed by atoms with Crippen LogP contribution in [0.5, 0.6) is 0 Å². The van der Waals surface area contributed by atoms with E-state index >= 15 is 0 Å². The van der Waals surface area contributed by atoms with E-state index in [1.165, 1.54) is 11.3 Å². The fourth-order valence-corrected chi connectivity index (χ4v) is 5.59. The van der Waals surface area contributed by atoms with Crippen molar-refractivity contribution in [3.05, 3.63) is 52.4 Å². The summed E-state index contributed by atoms with van der Waals surface area (Å²) < 4.78 is 13.8. The zero-order valence-corrected chi connectivity index (χ0v) is 22.3. The molecule has 0 N–H and O–H groups in total. The van der Waals surface area contributed by atoms with Gasteiger partial charge in [0.25, 0.3) is 0 Å². The summed E-state index contributed by atoms with van der Waals surface area (Å²) in [4.78, 5) is 29.1. The molecule has 0 radical (unpaired) electrons. The van der Waals surface area contributed by atoms with Gasteiger partial charge in [-0.1, -0.05) is 30.7 Å². The highest BCUT2D eigenvalue weighted by molar-refractivity contribution is 6.30. The monoisotopic (exact) mass is 543 g/mol. The predicted molar refractivity (Wildman–Crippen MR) is 142 cm³/mol. The van der Waals surface area contributed by atoms with Gasteiger partial charge in [-0.15, -0.1) is 24.8 Å².